The van der Waals surface area contributed by atoms with Crippen LogP contribution < -0.4 is 10.2 Å². The maximum absolute atomic E-state index is 11.5. The highest BCUT2D eigenvalue weighted by atomic mass is 16.2. The highest BCUT2D eigenvalue weighted by Gasteiger charge is 2.18. The molecular formula is C22H23N7O. The maximum Gasteiger partial charge on any atom is 0.219 e. The van der Waals surface area contributed by atoms with Crippen molar-refractivity contribution < 1.29 is 4.79 Å². The van der Waals surface area contributed by atoms with Crippen molar-refractivity contribution in [3.8, 4) is 11.3 Å². The fourth-order valence-corrected chi connectivity index (χ4v) is 3.83. The molecule has 5 rings (SSSR count). The number of carbonyl (C=O) groups excluding carboxylic acids is 1. The maximum atomic E-state index is 11.5. The quantitative estimate of drug-likeness (QED) is 0.488. The van der Waals surface area contributed by atoms with Crippen molar-refractivity contribution in [3.05, 3.63) is 55.0 Å². The van der Waals surface area contributed by atoms with Crippen LogP contribution in [0.2, 0.25) is 0 Å². The van der Waals surface area contributed by atoms with Crippen LogP contribution in [-0.2, 0) is 4.79 Å². The normalized spacial score (nSPS) is 14.3. The van der Waals surface area contributed by atoms with Gasteiger partial charge in [0.25, 0.3) is 0 Å². The minimum Gasteiger partial charge on any atom is -0.368 e. The van der Waals surface area contributed by atoms with Crippen LogP contribution in [0.4, 0.5) is 17.2 Å². The van der Waals surface area contributed by atoms with Gasteiger partial charge in [-0.2, -0.15) is 5.10 Å². The summed E-state index contributed by atoms with van der Waals surface area (Å²) in [4.78, 5) is 23.6. The van der Waals surface area contributed by atoms with E-state index in [9.17, 15) is 4.79 Å². The number of anilines is 3. The summed E-state index contributed by atoms with van der Waals surface area (Å²) in [6.07, 6.45) is 5.51. The Morgan fingerprint density at radius 2 is 1.87 bits per heavy atom. The molecule has 0 aliphatic carbocycles. The smallest absolute Gasteiger partial charge is 0.219 e. The molecule has 1 aliphatic rings. The third-order valence-electron chi connectivity index (χ3n) is 5.54. The lowest BCUT2D eigenvalue weighted by molar-refractivity contribution is -0.129. The molecule has 1 amide bonds. The van der Waals surface area contributed by atoms with Crippen LogP contribution in [-0.4, -0.2) is 57.2 Å². The van der Waals surface area contributed by atoms with Gasteiger partial charge in [-0.1, -0.05) is 0 Å². The standard InChI is InChI=1S/C22H23N7O/c1-15(30)28-6-8-29(9-7-28)19-4-2-18(3-5-19)26-22-11-21-16(12-23-22)10-20(27-21)17-13-24-25-14-17/h2-5,10-14,27H,6-9H2,1H3,(H,23,26)(H,24,25). The summed E-state index contributed by atoms with van der Waals surface area (Å²) in [5.74, 6) is 0.934. The first-order chi connectivity index (χ1) is 14.7. The Labute approximate surface area is 173 Å². The zero-order chi connectivity index (χ0) is 20.5. The van der Waals surface area contributed by atoms with Gasteiger partial charge in [0.1, 0.15) is 5.82 Å². The second-order valence-electron chi connectivity index (χ2n) is 7.49. The molecule has 8 heteroatoms. The number of hydrogen-bond acceptors (Lipinski definition) is 5. The molecule has 4 heterocycles. The van der Waals surface area contributed by atoms with E-state index < -0.39 is 0 Å². The van der Waals surface area contributed by atoms with Crippen LogP contribution in [0.25, 0.3) is 22.2 Å². The Balaban J connectivity index is 1.28. The van der Waals surface area contributed by atoms with Gasteiger partial charge in [0, 0.05) is 79.6 Å². The molecule has 3 aromatic heterocycles. The first-order valence-corrected chi connectivity index (χ1v) is 10.0. The monoisotopic (exact) mass is 401 g/mol. The van der Waals surface area contributed by atoms with E-state index in [-0.39, 0.29) is 5.91 Å². The van der Waals surface area contributed by atoms with Crippen molar-refractivity contribution in [1.29, 1.82) is 0 Å². The molecule has 4 aromatic rings. The molecule has 0 unspecified atom stereocenters. The molecule has 152 valence electrons. The lowest BCUT2D eigenvalue weighted by Crippen LogP contribution is -2.48. The third-order valence-corrected chi connectivity index (χ3v) is 5.54. The molecule has 1 saturated heterocycles. The van der Waals surface area contributed by atoms with Gasteiger partial charge in [0.15, 0.2) is 0 Å². The number of pyridine rings is 1. The van der Waals surface area contributed by atoms with Gasteiger partial charge in [-0.15, -0.1) is 0 Å². The van der Waals surface area contributed by atoms with Gasteiger partial charge in [-0.05, 0) is 30.3 Å². The van der Waals surface area contributed by atoms with Crippen LogP contribution >= 0.6 is 0 Å². The summed E-state index contributed by atoms with van der Waals surface area (Å²) < 4.78 is 0. The van der Waals surface area contributed by atoms with Crippen molar-refractivity contribution in [2.75, 3.05) is 36.4 Å². The fourth-order valence-electron chi connectivity index (χ4n) is 3.83. The van der Waals surface area contributed by atoms with Crippen LogP contribution in [0, 0.1) is 0 Å². The number of nitrogens with zero attached hydrogens (tertiary/aromatic N) is 4. The largest absolute Gasteiger partial charge is 0.368 e. The molecule has 0 spiro atoms. The molecule has 30 heavy (non-hydrogen) atoms. The highest BCUT2D eigenvalue weighted by Crippen LogP contribution is 2.26. The topological polar surface area (TPSA) is 92.9 Å². The summed E-state index contributed by atoms with van der Waals surface area (Å²) in [6.45, 7) is 4.90. The van der Waals surface area contributed by atoms with Crippen LogP contribution in [0.1, 0.15) is 6.92 Å². The minimum absolute atomic E-state index is 0.151. The Morgan fingerprint density at radius 3 is 2.57 bits per heavy atom. The number of benzene rings is 1. The minimum atomic E-state index is 0.151. The van der Waals surface area contributed by atoms with E-state index >= 15 is 0 Å². The molecule has 1 fully saturated rings. The van der Waals surface area contributed by atoms with Gasteiger partial charge in [0.05, 0.1) is 11.7 Å². The summed E-state index contributed by atoms with van der Waals surface area (Å²) in [6, 6.07) is 12.4. The zero-order valence-electron chi connectivity index (χ0n) is 16.7. The Morgan fingerprint density at radius 1 is 1.07 bits per heavy atom. The number of fused-ring (bicyclic) bond motifs is 1. The number of H-pyrrole nitrogens is 2. The first kappa shape index (κ1) is 18.2. The second-order valence-corrected chi connectivity index (χ2v) is 7.49. The predicted octanol–water partition coefficient (Wildman–Crippen LogP) is 3.37. The molecule has 0 saturated carbocycles. The molecule has 0 radical (unpaired) electrons. The first-order valence-electron chi connectivity index (χ1n) is 10.0. The van der Waals surface area contributed by atoms with Gasteiger partial charge >= 0.3 is 0 Å². The highest BCUT2D eigenvalue weighted by molar-refractivity contribution is 5.87. The van der Waals surface area contributed by atoms with Crippen LogP contribution in [0.5, 0.6) is 0 Å². The summed E-state index contributed by atoms with van der Waals surface area (Å²) >= 11 is 0. The lowest BCUT2D eigenvalue weighted by atomic mass is 10.2. The molecule has 3 N–H and O–H groups in total. The van der Waals surface area contributed by atoms with E-state index in [1.165, 1.54) is 5.69 Å². The van der Waals surface area contributed by atoms with Gasteiger partial charge in [0.2, 0.25) is 5.91 Å². The number of amides is 1. The van der Waals surface area contributed by atoms with E-state index in [0.29, 0.717) is 0 Å². The third kappa shape index (κ3) is 3.59. The number of nitrogens with one attached hydrogen (secondary N) is 3. The van der Waals surface area contributed by atoms with Gasteiger partial charge in [-0.3, -0.25) is 9.89 Å². The van der Waals surface area contributed by atoms with E-state index in [2.05, 4.69) is 60.7 Å². The SMILES string of the molecule is CC(=O)N1CCN(c2ccc(Nc3cc4[nH]c(-c5cn[nH]c5)cc4cn3)cc2)CC1. The summed E-state index contributed by atoms with van der Waals surface area (Å²) in [7, 11) is 0. The van der Waals surface area contributed by atoms with Gasteiger partial charge in [-0.25, -0.2) is 4.98 Å². The molecule has 8 nitrogen and oxygen atoms in total. The number of piperazine rings is 1. The molecular weight excluding hydrogens is 378 g/mol. The number of aromatic amines is 2. The van der Waals surface area contributed by atoms with E-state index in [1.807, 2.05) is 23.4 Å². The van der Waals surface area contributed by atoms with Crippen LogP contribution in [0.15, 0.2) is 55.0 Å². The van der Waals surface area contributed by atoms with E-state index in [0.717, 1.165) is 59.8 Å². The van der Waals surface area contributed by atoms with E-state index in [4.69, 9.17) is 0 Å². The van der Waals surface area contributed by atoms with Crippen molar-refractivity contribution >= 4 is 34.0 Å². The van der Waals surface area contributed by atoms with Crippen molar-refractivity contribution in [3.63, 3.8) is 0 Å². The number of aromatic nitrogens is 4. The lowest BCUT2D eigenvalue weighted by Gasteiger charge is -2.35. The molecule has 1 aromatic carbocycles. The molecule has 1 aliphatic heterocycles. The number of carbonyl (C=O) groups is 1. The van der Waals surface area contributed by atoms with Crippen molar-refractivity contribution in [2.45, 2.75) is 6.92 Å². The second kappa shape index (κ2) is 7.55. The van der Waals surface area contributed by atoms with Crippen LogP contribution in [0.3, 0.4) is 0 Å². The van der Waals surface area contributed by atoms with Crippen molar-refractivity contribution in [1.82, 2.24) is 25.1 Å². The van der Waals surface area contributed by atoms with Gasteiger partial charge < -0.3 is 20.1 Å². The number of hydrogen-bond donors (Lipinski definition) is 3. The molecule has 0 bridgehead atoms. The zero-order valence-corrected chi connectivity index (χ0v) is 16.7. The Kier molecular flexibility index (Phi) is 4.59. The fraction of sp³-hybridized carbons (Fsp3) is 0.227. The molecule has 0 atom stereocenters. The predicted molar refractivity (Wildman–Crippen MR) is 118 cm³/mol. The average molecular weight is 401 g/mol. The summed E-state index contributed by atoms with van der Waals surface area (Å²) in [5.41, 5.74) is 5.19. The van der Waals surface area contributed by atoms with Crippen molar-refractivity contribution in [2.24, 2.45) is 0 Å². The Hall–Kier alpha value is -3.81. The Bertz CT molecular complexity index is 1160. The summed E-state index contributed by atoms with van der Waals surface area (Å²) in [5, 5.41) is 11.3. The number of rotatable bonds is 4. The van der Waals surface area contributed by atoms with E-state index in [1.54, 1.807) is 13.1 Å². The average Bonchev–Trinajstić information content (AvgIpc) is 3.44.